The van der Waals surface area contributed by atoms with Gasteiger partial charge in [-0.2, -0.15) is 11.8 Å². The van der Waals surface area contributed by atoms with E-state index in [0.717, 1.165) is 5.75 Å². The Hall–Kier alpha value is -0.670. The lowest BCUT2D eigenvalue weighted by atomic mass is 10.1. The van der Waals surface area contributed by atoms with E-state index in [-0.39, 0.29) is 6.04 Å². The molecule has 3 unspecified atom stereocenters. The van der Waals surface area contributed by atoms with Crippen molar-refractivity contribution in [2.24, 2.45) is 5.73 Å². The van der Waals surface area contributed by atoms with Crippen LogP contribution < -0.4 is 10.5 Å². The Bertz CT molecular complexity index is 325. The number of hydrogen-bond donors (Lipinski definition) is 1. The fraction of sp³-hybridized carbons (Fsp3) is 0.571. The molecule has 1 aromatic rings. The quantitative estimate of drug-likeness (QED) is 0.841. The van der Waals surface area contributed by atoms with Crippen molar-refractivity contribution in [2.45, 2.75) is 43.7 Å². The van der Waals surface area contributed by atoms with E-state index in [9.17, 15) is 0 Å². The van der Waals surface area contributed by atoms with Gasteiger partial charge in [0.1, 0.15) is 5.75 Å². The minimum Gasteiger partial charge on any atom is -0.497 e. The van der Waals surface area contributed by atoms with Crippen molar-refractivity contribution in [1.29, 1.82) is 0 Å². The van der Waals surface area contributed by atoms with Crippen LogP contribution in [0.4, 0.5) is 0 Å². The molecule has 0 aliphatic heterocycles. The van der Waals surface area contributed by atoms with Crippen molar-refractivity contribution in [2.75, 3.05) is 7.11 Å². The van der Waals surface area contributed by atoms with Gasteiger partial charge in [0, 0.05) is 16.5 Å². The van der Waals surface area contributed by atoms with Gasteiger partial charge in [-0.15, -0.1) is 0 Å². The zero-order chi connectivity index (χ0) is 12.8. The van der Waals surface area contributed by atoms with Crippen LogP contribution in [0.2, 0.25) is 0 Å². The van der Waals surface area contributed by atoms with Gasteiger partial charge in [0.2, 0.25) is 0 Å². The lowest BCUT2D eigenvalue weighted by Gasteiger charge is -2.22. The molecule has 0 saturated heterocycles. The van der Waals surface area contributed by atoms with E-state index in [2.05, 4.69) is 32.9 Å². The number of thioether (sulfide) groups is 1. The molecule has 1 rings (SSSR count). The number of hydrogen-bond acceptors (Lipinski definition) is 3. The highest BCUT2D eigenvalue weighted by Crippen LogP contribution is 2.29. The summed E-state index contributed by atoms with van der Waals surface area (Å²) in [6.45, 7) is 6.66. The summed E-state index contributed by atoms with van der Waals surface area (Å²) in [5, 5.41) is 1.09. The smallest absolute Gasteiger partial charge is 0.118 e. The second kappa shape index (κ2) is 6.92. The topological polar surface area (TPSA) is 35.2 Å². The standard InChI is InChI=1S/C14H23NOS/c1-5-10(2)17-11(3)14(15)12-6-8-13(16-4)9-7-12/h6-11,14H,5,15H2,1-4H3. The third kappa shape index (κ3) is 4.25. The Labute approximate surface area is 109 Å². The number of rotatable bonds is 6. The average molecular weight is 253 g/mol. The molecule has 0 aliphatic rings. The lowest BCUT2D eigenvalue weighted by molar-refractivity contribution is 0.414. The van der Waals surface area contributed by atoms with E-state index < -0.39 is 0 Å². The molecule has 17 heavy (non-hydrogen) atoms. The summed E-state index contributed by atoms with van der Waals surface area (Å²) in [7, 11) is 1.68. The fourth-order valence-electron chi connectivity index (χ4n) is 1.64. The van der Waals surface area contributed by atoms with Gasteiger partial charge in [0.05, 0.1) is 7.11 Å². The minimum absolute atomic E-state index is 0.0832. The highest BCUT2D eigenvalue weighted by molar-refractivity contribution is 8.00. The van der Waals surface area contributed by atoms with Crippen LogP contribution >= 0.6 is 11.8 Å². The van der Waals surface area contributed by atoms with E-state index in [1.54, 1.807) is 7.11 Å². The number of ether oxygens (including phenoxy) is 1. The molecular formula is C14H23NOS. The van der Waals surface area contributed by atoms with Crippen LogP contribution in [0.25, 0.3) is 0 Å². The molecule has 0 fully saturated rings. The van der Waals surface area contributed by atoms with E-state index >= 15 is 0 Å². The van der Waals surface area contributed by atoms with Crippen LogP contribution in [0.1, 0.15) is 38.8 Å². The molecule has 0 amide bonds. The maximum absolute atomic E-state index is 6.27. The van der Waals surface area contributed by atoms with Crippen molar-refractivity contribution >= 4 is 11.8 Å². The number of methoxy groups -OCH3 is 1. The summed E-state index contributed by atoms with van der Waals surface area (Å²) < 4.78 is 5.15. The van der Waals surface area contributed by atoms with E-state index in [4.69, 9.17) is 10.5 Å². The minimum atomic E-state index is 0.0832. The predicted octanol–water partition coefficient (Wildman–Crippen LogP) is 3.62. The van der Waals surface area contributed by atoms with Crippen molar-refractivity contribution in [3.63, 3.8) is 0 Å². The monoisotopic (exact) mass is 253 g/mol. The largest absolute Gasteiger partial charge is 0.497 e. The van der Waals surface area contributed by atoms with Crippen molar-refractivity contribution in [3.8, 4) is 5.75 Å². The first kappa shape index (κ1) is 14.4. The summed E-state index contributed by atoms with van der Waals surface area (Å²) in [5.74, 6) is 0.878. The molecule has 0 heterocycles. The first-order valence-electron chi connectivity index (χ1n) is 6.13. The number of nitrogens with two attached hydrogens (primary N) is 1. The molecule has 0 aliphatic carbocycles. The van der Waals surface area contributed by atoms with Crippen LogP contribution in [0.5, 0.6) is 5.75 Å². The van der Waals surface area contributed by atoms with E-state index in [1.165, 1.54) is 12.0 Å². The zero-order valence-electron chi connectivity index (χ0n) is 11.1. The molecule has 0 spiro atoms. The molecule has 3 atom stereocenters. The van der Waals surface area contributed by atoms with Crippen molar-refractivity contribution < 1.29 is 4.74 Å². The highest BCUT2D eigenvalue weighted by atomic mass is 32.2. The molecule has 0 saturated carbocycles. The van der Waals surface area contributed by atoms with Gasteiger partial charge in [-0.05, 0) is 24.1 Å². The lowest BCUT2D eigenvalue weighted by Crippen LogP contribution is -2.22. The Kier molecular flexibility index (Phi) is 5.86. The second-order valence-electron chi connectivity index (χ2n) is 4.36. The Morgan fingerprint density at radius 2 is 1.82 bits per heavy atom. The third-order valence-corrected chi connectivity index (χ3v) is 4.55. The molecule has 0 radical (unpaired) electrons. The maximum atomic E-state index is 6.27. The van der Waals surface area contributed by atoms with Crippen LogP contribution in [-0.2, 0) is 0 Å². The first-order valence-corrected chi connectivity index (χ1v) is 7.07. The van der Waals surface area contributed by atoms with Gasteiger partial charge < -0.3 is 10.5 Å². The second-order valence-corrected chi connectivity index (χ2v) is 6.18. The Morgan fingerprint density at radius 3 is 2.29 bits per heavy atom. The molecular weight excluding hydrogens is 230 g/mol. The first-order chi connectivity index (χ1) is 8.08. The molecule has 1 aromatic carbocycles. The van der Waals surface area contributed by atoms with Gasteiger partial charge in [-0.25, -0.2) is 0 Å². The van der Waals surface area contributed by atoms with Crippen molar-refractivity contribution in [3.05, 3.63) is 29.8 Å². The third-order valence-electron chi connectivity index (χ3n) is 3.03. The van der Waals surface area contributed by atoms with Crippen LogP contribution in [0, 0.1) is 0 Å². The summed E-state index contributed by atoms with van der Waals surface area (Å²) in [6, 6.07) is 8.12. The molecule has 2 N–H and O–H groups in total. The van der Waals surface area contributed by atoms with Gasteiger partial charge in [-0.3, -0.25) is 0 Å². The SMILES string of the molecule is CCC(C)SC(C)C(N)c1ccc(OC)cc1. The van der Waals surface area contributed by atoms with Gasteiger partial charge in [-0.1, -0.05) is 32.9 Å². The van der Waals surface area contributed by atoms with Crippen LogP contribution in [0.15, 0.2) is 24.3 Å². The van der Waals surface area contributed by atoms with Gasteiger partial charge >= 0.3 is 0 Å². The van der Waals surface area contributed by atoms with Crippen LogP contribution in [-0.4, -0.2) is 17.6 Å². The normalized spacial score (nSPS) is 16.3. The zero-order valence-corrected chi connectivity index (χ0v) is 12.0. The van der Waals surface area contributed by atoms with Gasteiger partial charge in [0.25, 0.3) is 0 Å². The summed E-state index contributed by atoms with van der Waals surface area (Å²) in [4.78, 5) is 0. The van der Waals surface area contributed by atoms with Crippen LogP contribution in [0.3, 0.4) is 0 Å². The highest BCUT2D eigenvalue weighted by Gasteiger charge is 2.17. The maximum Gasteiger partial charge on any atom is 0.118 e. The van der Waals surface area contributed by atoms with Crippen molar-refractivity contribution in [1.82, 2.24) is 0 Å². The molecule has 96 valence electrons. The average Bonchev–Trinajstić information content (AvgIpc) is 2.37. The van der Waals surface area contributed by atoms with Gasteiger partial charge in [0.15, 0.2) is 0 Å². The molecule has 0 aromatic heterocycles. The molecule has 2 nitrogen and oxygen atoms in total. The predicted molar refractivity (Wildman–Crippen MR) is 76.7 cm³/mol. The molecule has 3 heteroatoms. The molecule has 0 bridgehead atoms. The van der Waals surface area contributed by atoms with E-state index in [1.807, 2.05) is 23.9 Å². The summed E-state index contributed by atoms with van der Waals surface area (Å²) in [6.07, 6.45) is 1.18. The summed E-state index contributed by atoms with van der Waals surface area (Å²) >= 11 is 1.96. The van der Waals surface area contributed by atoms with E-state index in [0.29, 0.717) is 10.5 Å². The Balaban J connectivity index is 2.64. The Morgan fingerprint density at radius 1 is 1.24 bits per heavy atom. The summed E-state index contributed by atoms with van der Waals surface area (Å²) in [5.41, 5.74) is 7.45. The fourth-order valence-corrected chi connectivity index (χ4v) is 2.90. The number of benzene rings is 1.